The molecule has 0 atom stereocenters. The van der Waals surface area contributed by atoms with E-state index in [0.717, 1.165) is 56.5 Å². The lowest BCUT2D eigenvalue weighted by molar-refractivity contribution is -0.0707. The standard InChI is InChI=1S/C15H19NO2/c17-15(13-4-2-1-3-5-13)16-8-6-12(7-9-16)14-10-18-11-14/h1-5,12,14H,6-11H2. The lowest BCUT2D eigenvalue weighted by Gasteiger charge is -2.39. The van der Waals surface area contributed by atoms with E-state index in [0.29, 0.717) is 0 Å². The molecule has 3 heteroatoms. The molecule has 0 radical (unpaired) electrons. The van der Waals surface area contributed by atoms with Crippen LogP contribution in [0.25, 0.3) is 0 Å². The first-order valence-electron chi connectivity index (χ1n) is 6.76. The summed E-state index contributed by atoms with van der Waals surface area (Å²) in [6.45, 7) is 3.65. The van der Waals surface area contributed by atoms with Gasteiger partial charge in [0, 0.05) is 24.6 Å². The average Bonchev–Trinajstić information content (AvgIpc) is 2.38. The zero-order chi connectivity index (χ0) is 12.4. The highest BCUT2D eigenvalue weighted by molar-refractivity contribution is 5.94. The van der Waals surface area contributed by atoms with Gasteiger partial charge in [0.05, 0.1) is 13.2 Å². The minimum atomic E-state index is 0.180. The maximum Gasteiger partial charge on any atom is 0.253 e. The minimum Gasteiger partial charge on any atom is -0.381 e. The third-order valence-electron chi connectivity index (χ3n) is 4.18. The third-order valence-corrected chi connectivity index (χ3v) is 4.18. The van der Waals surface area contributed by atoms with E-state index in [9.17, 15) is 4.79 Å². The topological polar surface area (TPSA) is 29.5 Å². The van der Waals surface area contributed by atoms with Gasteiger partial charge in [-0.3, -0.25) is 4.79 Å². The summed E-state index contributed by atoms with van der Waals surface area (Å²) < 4.78 is 5.25. The molecule has 0 unspecified atom stereocenters. The molecule has 2 fully saturated rings. The predicted molar refractivity (Wildman–Crippen MR) is 69.4 cm³/mol. The highest BCUT2D eigenvalue weighted by atomic mass is 16.5. The van der Waals surface area contributed by atoms with Crippen molar-refractivity contribution in [1.29, 1.82) is 0 Å². The molecule has 0 spiro atoms. The molecule has 0 aliphatic carbocycles. The first kappa shape index (κ1) is 11.7. The Kier molecular flexibility index (Phi) is 3.33. The van der Waals surface area contributed by atoms with Crippen molar-refractivity contribution in [1.82, 2.24) is 4.90 Å². The molecule has 1 amide bonds. The van der Waals surface area contributed by atoms with E-state index in [1.54, 1.807) is 0 Å². The Morgan fingerprint density at radius 2 is 1.72 bits per heavy atom. The molecular formula is C15H19NO2. The molecule has 1 aromatic rings. The van der Waals surface area contributed by atoms with Gasteiger partial charge in [0.15, 0.2) is 0 Å². The van der Waals surface area contributed by atoms with Crippen molar-refractivity contribution in [2.45, 2.75) is 12.8 Å². The Hall–Kier alpha value is -1.35. The molecule has 0 saturated carbocycles. The van der Waals surface area contributed by atoms with Gasteiger partial charge in [-0.05, 0) is 30.9 Å². The first-order valence-corrected chi connectivity index (χ1v) is 6.76. The van der Waals surface area contributed by atoms with E-state index in [1.807, 2.05) is 35.2 Å². The Morgan fingerprint density at radius 1 is 1.06 bits per heavy atom. The summed E-state index contributed by atoms with van der Waals surface area (Å²) >= 11 is 0. The van der Waals surface area contributed by atoms with Crippen LogP contribution in [0.1, 0.15) is 23.2 Å². The van der Waals surface area contributed by atoms with Gasteiger partial charge >= 0.3 is 0 Å². The maximum absolute atomic E-state index is 12.3. The van der Waals surface area contributed by atoms with Crippen LogP contribution in [0.2, 0.25) is 0 Å². The zero-order valence-corrected chi connectivity index (χ0v) is 10.5. The minimum absolute atomic E-state index is 0.180. The first-order chi connectivity index (χ1) is 8.84. The molecule has 18 heavy (non-hydrogen) atoms. The van der Waals surface area contributed by atoms with E-state index >= 15 is 0 Å². The monoisotopic (exact) mass is 245 g/mol. The van der Waals surface area contributed by atoms with Gasteiger partial charge in [-0.25, -0.2) is 0 Å². The average molecular weight is 245 g/mol. The second kappa shape index (κ2) is 5.11. The summed E-state index contributed by atoms with van der Waals surface area (Å²) in [5.41, 5.74) is 0.808. The van der Waals surface area contributed by atoms with Gasteiger partial charge in [0.25, 0.3) is 5.91 Å². The number of ether oxygens (including phenoxy) is 1. The molecule has 3 nitrogen and oxygen atoms in total. The summed E-state index contributed by atoms with van der Waals surface area (Å²) in [6.07, 6.45) is 2.26. The third kappa shape index (κ3) is 2.27. The van der Waals surface area contributed by atoms with Crippen molar-refractivity contribution in [3.05, 3.63) is 35.9 Å². The lowest BCUT2D eigenvalue weighted by Crippen LogP contribution is -2.44. The SMILES string of the molecule is O=C(c1ccccc1)N1CCC(C2COC2)CC1. The van der Waals surface area contributed by atoms with Crippen molar-refractivity contribution in [3.8, 4) is 0 Å². The fraction of sp³-hybridized carbons (Fsp3) is 0.533. The van der Waals surface area contributed by atoms with Crippen molar-refractivity contribution in [2.24, 2.45) is 11.8 Å². The van der Waals surface area contributed by atoms with E-state index in [2.05, 4.69) is 0 Å². The molecule has 2 aliphatic rings. The molecule has 0 aromatic heterocycles. The lowest BCUT2D eigenvalue weighted by atomic mass is 9.83. The molecule has 2 heterocycles. The largest absolute Gasteiger partial charge is 0.381 e. The van der Waals surface area contributed by atoms with Crippen LogP contribution in [0.3, 0.4) is 0 Å². The van der Waals surface area contributed by atoms with E-state index in [4.69, 9.17) is 4.74 Å². The number of carbonyl (C=O) groups excluding carboxylic acids is 1. The van der Waals surface area contributed by atoms with Crippen LogP contribution >= 0.6 is 0 Å². The van der Waals surface area contributed by atoms with Crippen LogP contribution in [0.4, 0.5) is 0 Å². The van der Waals surface area contributed by atoms with Gasteiger partial charge in [-0.1, -0.05) is 18.2 Å². The van der Waals surface area contributed by atoms with Crippen molar-refractivity contribution < 1.29 is 9.53 Å². The quantitative estimate of drug-likeness (QED) is 0.799. The van der Waals surface area contributed by atoms with Crippen LogP contribution in [-0.4, -0.2) is 37.1 Å². The van der Waals surface area contributed by atoms with E-state index in [-0.39, 0.29) is 5.91 Å². The number of likely N-dealkylation sites (tertiary alicyclic amines) is 1. The van der Waals surface area contributed by atoms with Crippen molar-refractivity contribution in [3.63, 3.8) is 0 Å². The van der Waals surface area contributed by atoms with Crippen molar-refractivity contribution >= 4 is 5.91 Å². The highest BCUT2D eigenvalue weighted by Gasteiger charge is 2.32. The number of piperidine rings is 1. The Morgan fingerprint density at radius 3 is 2.28 bits per heavy atom. The van der Waals surface area contributed by atoms with Gasteiger partial charge in [-0.2, -0.15) is 0 Å². The summed E-state index contributed by atoms with van der Waals surface area (Å²) in [7, 11) is 0. The number of carbonyl (C=O) groups is 1. The summed E-state index contributed by atoms with van der Waals surface area (Å²) in [4.78, 5) is 14.3. The van der Waals surface area contributed by atoms with Crippen LogP contribution in [0.15, 0.2) is 30.3 Å². The summed E-state index contributed by atoms with van der Waals surface area (Å²) in [5.74, 6) is 1.69. The number of hydrogen-bond acceptors (Lipinski definition) is 2. The van der Waals surface area contributed by atoms with Gasteiger partial charge in [-0.15, -0.1) is 0 Å². The maximum atomic E-state index is 12.3. The van der Waals surface area contributed by atoms with Crippen LogP contribution in [0.5, 0.6) is 0 Å². The van der Waals surface area contributed by atoms with E-state index < -0.39 is 0 Å². The molecule has 2 aliphatic heterocycles. The Balaban J connectivity index is 1.57. The fourth-order valence-electron chi connectivity index (χ4n) is 2.86. The number of nitrogens with zero attached hydrogens (tertiary/aromatic N) is 1. The zero-order valence-electron chi connectivity index (χ0n) is 10.5. The van der Waals surface area contributed by atoms with Crippen molar-refractivity contribution in [2.75, 3.05) is 26.3 Å². The number of amides is 1. The Bertz CT molecular complexity index is 406. The van der Waals surface area contributed by atoms with Gasteiger partial charge in [0.1, 0.15) is 0 Å². The summed E-state index contributed by atoms with van der Waals surface area (Å²) in [5, 5.41) is 0. The second-order valence-corrected chi connectivity index (χ2v) is 5.29. The second-order valence-electron chi connectivity index (χ2n) is 5.29. The molecule has 0 N–H and O–H groups in total. The van der Waals surface area contributed by atoms with E-state index in [1.165, 1.54) is 0 Å². The fourth-order valence-corrected chi connectivity index (χ4v) is 2.86. The van der Waals surface area contributed by atoms with Crippen LogP contribution in [0, 0.1) is 11.8 Å². The molecule has 1 aromatic carbocycles. The van der Waals surface area contributed by atoms with Crippen LogP contribution in [-0.2, 0) is 4.74 Å². The number of rotatable bonds is 2. The molecule has 0 bridgehead atoms. The molecular weight excluding hydrogens is 226 g/mol. The highest BCUT2D eigenvalue weighted by Crippen LogP contribution is 2.30. The summed E-state index contributed by atoms with van der Waals surface area (Å²) in [6, 6.07) is 9.58. The molecule has 3 rings (SSSR count). The Labute approximate surface area is 108 Å². The van der Waals surface area contributed by atoms with Crippen LogP contribution < -0.4 is 0 Å². The number of benzene rings is 1. The molecule has 96 valence electrons. The predicted octanol–water partition coefficient (Wildman–Crippen LogP) is 2.19. The van der Waals surface area contributed by atoms with Gasteiger partial charge in [0.2, 0.25) is 0 Å². The molecule has 2 saturated heterocycles. The number of hydrogen-bond donors (Lipinski definition) is 0. The smallest absolute Gasteiger partial charge is 0.253 e. The van der Waals surface area contributed by atoms with Gasteiger partial charge < -0.3 is 9.64 Å². The normalized spacial score (nSPS) is 21.7.